The zero-order chi connectivity index (χ0) is 29.9. The van der Waals surface area contributed by atoms with Gasteiger partial charge in [-0.2, -0.15) is 0 Å². The number of H-pyrrole nitrogens is 1. The van der Waals surface area contributed by atoms with Crippen molar-refractivity contribution in [3.63, 3.8) is 0 Å². The van der Waals surface area contributed by atoms with Crippen LogP contribution in [0.5, 0.6) is 0 Å². The van der Waals surface area contributed by atoms with E-state index in [1.54, 1.807) is 4.57 Å². The Hall–Kier alpha value is -5.12. The highest BCUT2D eigenvalue weighted by atomic mass is 16.2. The molecule has 6 aromatic rings. The summed E-state index contributed by atoms with van der Waals surface area (Å²) in [5.74, 6) is 1.51. The summed E-state index contributed by atoms with van der Waals surface area (Å²) in [6, 6.07) is 26.3. The molecule has 0 fully saturated rings. The quantitative estimate of drug-likeness (QED) is 0.253. The highest BCUT2D eigenvalue weighted by molar-refractivity contribution is 5.80. The Morgan fingerprint density at radius 2 is 1.53 bits per heavy atom. The molecule has 0 radical (unpaired) electrons. The van der Waals surface area contributed by atoms with Crippen molar-refractivity contribution in [3.8, 4) is 22.5 Å². The third-order valence-electron chi connectivity index (χ3n) is 7.66. The molecule has 3 aromatic heterocycles. The summed E-state index contributed by atoms with van der Waals surface area (Å²) < 4.78 is 5.05. The number of hydrogen-bond acceptors (Lipinski definition) is 6. The molecule has 6 rings (SSSR count). The summed E-state index contributed by atoms with van der Waals surface area (Å²) in [5, 5.41) is 14.4. The fourth-order valence-corrected chi connectivity index (χ4v) is 5.58. The number of aromatic amines is 1. The SMILES string of the molecule is CCc1nc2c(c(=O)n(CC(C)C)c(=O)n2CCc2ccccc2)n1Cc1ccc(-c2ccccc2-c2nnn[nH]2)cc1. The standard InChI is InChI=1S/C33H34N8O2/c1-4-28-34-31-29(32(42)41(20-22(2)3)33(43)39(31)19-18-23-10-6-5-7-11-23)40(28)21-24-14-16-25(17-15-24)26-12-8-9-13-27(26)30-35-37-38-36-30/h5-17,22H,4,18-21H2,1-3H3,(H,35,36,37,38). The van der Waals surface area contributed by atoms with Crippen molar-refractivity contribution in [2.45, 2.75) is 53.2 Å². The van der Waals surface area contributed by atoms with Crippen molar-refractivity contribution in [2.24, 2.45) is 5.92 Å². The highest BCUT2D eigenvalue weighted by Gasteiger charge is 2.22. The number of nitrogens with one attached hydrogen (secondary N) is 1. The van der Waals surface area contributed by atoms with Gasteiger partial charge in [0.05, 0.1) is 0 Å². The summed E-state index contributed by atoms with van der Waals surface area (Å²) in [4.78, 5) is 32.5. The summed E-state index contributed by atoms with van der Waals surface area (Å²) in [6.07, 6.45) is 1.29. The van der Waals surface area contributed by atoms with Gasteiger partial charge < -0.3 is 4.57 Å². The Kier molecular flexibility index (Phi) is 7.83. The van der Waals surface area contributed by atoms with Crippen LogP contribution in [-0.2, 0) is 32.5 Å². The number of rotatable bonds is 10. The first-order chi connectivity index (χ1) is 20.9. The minimum absolute atomic E-state index is 0.135. The number of nitrogens with zero attached hydrogens (tertiary/aromatic N) is 7. The van der Waals surface area contributed by atoms with Crippen LogP contribution in [0.1, 0.15) is 37.7 Å². The van der Waals surface area contributed by atoms with Gasteiger partial charge in [0.25, 0.3) is 5.56 Å². The summed E-state index contributed by atoms with van der Waals surface area (Å²) in [5.41, 5.74) is 5.42. The van der Waals surface area contributed by atoms with Crippen LogP contribution in [0.25, 0.3) is 33.7 Å². The van der Waals surface area contributed by atoms with E-state index in [-0.39, 0.29) is 17.2 Å². The van der Waals surface area contributed by atoms with Gasteiger partial charge in [-0.15, -0.1) is 5.10 Å². The molecular weight excluding hydrogens is 540 g/mol. The number of aromatic nitrogens is 8. The van der Waals surface area contributed by atoms with Crippen molar-refractivity contribution < 1.29 is 0 Å². The monoisotopic (exact) mass is 574 g/mol. The lowest BCUT2D eigenvalue weighted by atomic mass is 9.98. The highest BCUT2D eigenvalue weighted by Crippen LogP contribution is 2.30. The van der Waals surface area contributed by atoms with Gasteiger partial charge in [0.15, 0.2) is 17.0 Å². The second kappa shape index (κ2) is 12.0. The molecule has 0 saturated heterocycles. The van der Waals surface area contributed by atoms with Crippen molar-refractivity contribution in [1.82, 2.24) is 39.3 Å². The molecule has 43 heavy (non-hydrogen) atoms. The Morgan fingerprint density at radius 1 is 0.814 bits per heavy atom. The maximum atomic E-state index is 13.9. The lowest BCUT2D eigenvalue weighted by Crippen LogP contribution is -2.42. The van der Waals surface area contributed by atoms with E-state index < -0.39 is 0 Å². The first-order valence-electron chi connectivity index (χ1n) is 14.6. The first kappa shape index (κ1) is 28.0. The maximum absolute atomic E-state index is 13.9. The van der Waals surface area contributed by atoms with Gasteiger partial charge in [-0.05, 0) is 45.0 Å². The fraction of sp³-hybridized carbons (Fsp3) is 0.273. The second-order valence-corrected chi connectivity index (χ2v) is 11.1. The van der Waals surface area contributed by atoms with E-state index in [4.69, 9.17) is 4.98 Å². The normalized spacial score (nSPS) is 11.5. The second-order valence-electron chi connectivity index (χ2n) is 11.1. The topological polar surface area (TPSA) is 116 Å². The lowest BCUT2D eigenvalue weighted by Gasteiger charge is -2.14. The van der Waals surface area contributed by atoms with Crippen molar-refractivity contribution in [1.29, 1.82) is 0 Å². The molecule has 3 heterocycles. The molecule has 0 aliphatic rings. The molecule has 0 amide bonds. The van der Waals surface area contributed by atoms with Gasteiger partial charge in [0.2, 0.25) is 0 Å². The van der Waals surface area contributed by atoms with E-state index in [9.17, 15) is 9.59 Å². The van der Waals surface area contributed by atoms with Crippen LogP contribution in [0.15, 0.2) is 88.5 Å². The van der Waals surface area contributed by atoms with Gasteiger partial charge in [0.1, 0.15) is 5.82 Å². The number of imidazole rings is 1. The number of benzene rings is 3. The van der Waals surface area contributed by atoms with Crippen LogP contribution in [-0.4, -0.2) is 39.3 Å². The van der Waals surface area contributed by atoms with Gasteiger partial charge in [0, 0.05) is 31.6 Å². The van der Waals surface area contributed by atoms with Crippen molar-refractivity contribution >= 4 is 11.2 Å². The molecule has 0 spiro atoms. The smallest absolute Gasteiger partial charge is 0.318 e. The molecule has 10 heteroatoms. The van der Waals surface area contributed by atoms with E-state index in [2.05, 4.69) is 44.9 Å². The van der Waals surface area contributed by atoms with Gasteiger partial charge in [-0.25, -0.2) is 14.9 Å². The van der Waals surface area contributed by atoms with Crippen LogP contribution in [0.3, 0.4) is 0 Å². The Morgan fingerprint density at radius 3 is 2.21 bits per heavy atom. The largest absolute Gasteiger partial charge is 0.332 e. The molecule has 0 bridgehead atoms. The number of hydrogen-bond donors (Lipinski definition) is 1. The molecule has 3 aromatic carbocycles. The molecule has 0 aliphatic carbocycles. The minimum atomic E-state index is -0.306. The molecule has 218 valence electrons. The zero-order valence-corrected chi connectivity index (χ0v) is 24.6. The average molecular weight is 575 g/mol. The molecular formula is C33H34N8O2. The molecule has 0 aliphatic heterocycles. The molecule has 0 unspecified atom stereocenters. The predicted octanol–water partition coefficient (Wildman–Crippen LogP) is 4.72. The van der Waals surface area contributed by atoms with Crippen LogP contribution in [0, 0.1) is 5.92 Å². The third-order valence-corrected chi connectivity index (χ3v) is 7.66. The third kappa shape index (κ3) is 5.55. The van der Waals surface area contributed by atoms with Crippen molar-refractivity contribution in [2.75, 3.05) is 0 Å². The molecule has 10 nitrogen and oxygen atoms in total. The van der Waals surface area contributed by atoms with E-state index >= 15 is 0 Å². The number of tetrazole rings is 1. The Labute approximate surface area is 248 Å². The Bertz CT molecular complexity index is 1970. The van der Waals surface area contributed by atoms with Crippen LogP contribution in [0.4, 0.5) is 0 Å². The number of aryl methyl sites for hydroxylation is 3. The maximum Gasteiger partial charge on any atom is 0.332 e. The van der Waals surface area contributed by atoms with Gasteiger partial charge >= 0.3 is 5.69 Å². The van der Waals surface area contributed by atoms with E-state index in [1.807, 2.05) is 79.9 Å². The van der Waals surface area contributed by atoms with Crippen LogP contribution in [0.2, 0.25) is 0 Å². The van der Waals surface area contributed by atoms with E-state index in [0.29, 0.717) is 49.5 Å². The van der Waals surface area contributed by atoms with Crippen LogP contribution >= 0.6 is 0 Å². The number of fused-ring (bicyclic) bond motifs is 1. The predicted molar refractivity (Wildman–Crippen MR) is 167 cm³/mol. The van der Waals surface area contributed by atoms with Crippen molar-refractivity contribution in [3.05, 3.63) is 117 Å². The van der Waals surface area contributed by atoms with Gasteiger partial charge in [-0.3, -0.25) is 13.9 Å². The Balaban J connectivity index is 1.41. The fourth-order valence-electron chi connectivity index (χ4n) is 5.58. The summed E-state index contributed by atoms with van der Waals surface area (Å²) in [7, 11) is 0. The van der Waals surface area contributed by atoms with Crippen LogP contribution < -0.4 is 11.2 Å². The van der Waals surface area contributed by atoms with E-state index in [0.717, 1.165) is 33.6 Å². The summed E-state index contributed by atoms with van der Waals surface area (Å²) in [6.45, 7) is 7.29. The zero-order valence-electron chi connectivity index (χ0n) is 24.6. The average Bonchev–Trinajstić information content (AvgIpc) is 3.69. The summed E-state index contributed by atoms with van der Waals surface area (Å²) >= 11 is 0. The van der Waals surface area contributed by atoms with E-state index in [1.165, 1.54) is 4.57 Å². The minimum Gasteiger partial charge on any atom is -0.318 e. The lowest BCUT2D eigenvalue weighted by molar-refractivity contribution is 0.474. The molecule has 0 saturated carbocycles. The molecule has 1 N–H and O–H groups in total. The van der Waals surface area contributed by atoms with Gasteiger partial charge in [-0.1, -0.05) is 99.6 Å². The molecule has 0 atom stereocenters. The first-order valence-corrected chi connectivity index (χ1v) is 14.6.